The van der Waals surface area contributed by atoms with Gasteiger partial charge in [0.1, 0.15) is 42.1 Å². The number of hydrogen-bond acceptors (Lipinski definition) is 18. The second kappa shape index (κ2) is 45.9. The van der Waals surface area contributed by atoms with Crippen molar-refractivity contribution in [3.05, 3.63) is 0 Å². The summed E-state index contributed by atoms with van der Waals surface area (Å²) in [5.74, 6) is -6.12. The van der Waals surface area contributed by atoms with E-state index in [1.165, 1.54) is 32.6 Å². The van der Waals surface area contributed by atoms with Gasteiger partial charge >= 0.3 is 0 Å². The zero-order valence-corrected chi connectivity index (χ0v) is 61.7. The lowest BCUT2D eigenvalue weighted by Gasteiger charge is -2.27. The van der Waals surface area contributed by atoms with Crippen molar-refractivity contribution in [1.82, 2.24) is 36.0 Å². The summed E-state index contributed by atoms with van der Waals surface area (Å²) in [5.41, 5.74) is 0. The van der Waals surface area contributed by atoms with Gasteiger partial charge in [0, 0.05) is 88.1 Å². The third-order valence-electron chi connectivity index (χ3n) is 18.4. The van der Waals surface area contributed by atoms with Crippen LogP contribution in [0.4, 0.5) is 0 Å². The SMILES string of the molecule is CCC(C)C(CC(=O)C(CC(C)C)NC(=O)CCC(=O)C(CCC(=O)C1CCCN1C(=O)CN(C)CC(C)=O)C(C)C)C(=O)NCC(C)=O.CCC(C)C(CC(=O)C(CC(C)C)NC(=O)CCC(=O)C(CCC(=O)C1CCCN1C(=O)COCC(C)=O)C(C)C)C(=O)NCC(C)=O. The molecule has 0 spiro atoms. The smallest absolute Gasteiger partial charge is 0.249 e. The summed E-state index contributed by atoms with van der Waals surface area (Å²) in [7, 11) is 1.69. The van der Waals surface area contributed by atoms with Gasteiger partial charge in [0.05, 0.1) is 50.3 Å². The zero-order valence-electron chi connectivity index (χ0n) is 61.7. The standard InChI is InChI=1S/C37H62N4O8.C36H59N3O9/c1-10-25(6)29(37(49)38-20-26(7)42)19-34(46)30(18-23(2)3)39-35(47)16-15-32(44)28(24(4)5)13-14-33(45)31-12-11-17-41(31)36(48)22-40(9)21-27(8)43;1-9-24(6)28(36(47)37-19-25(7)40)18-33(44)29(17-22(2)3)38-34(45)15-14-31(42)27(23(4)5)12-13-32(43)30-11-10-16-39(30)35(46)21-48-20-26(8)41/h23-25,28-31H,10-22H2,1-9H3,(H,38,49)(H,39,47);22-24,27-30H,9-21H2,1-8H3,(H,37,47)(H,38,45). The fourth-order valence-corrected chi connectivity index (χ4v) is 12.5. The molecule has 2 saturated heterocycles. The van der Waals surface area contributed by atoms with Crippen LogP contribution >= 0.6 is 0 Å². The molecule has 2 rings (SSSR count). The van der Waals surface area contributed by atoms with Crippen LogP contribution in [0, 0.1) is 59.2 Å². The highest BCUT2D eigenvalue weighted by Gasteiger charge is 2.38. The van der Waals surface area contributed by atoms with Gasteiger partial charge in [0.2, 0.25) is 35.4 Å². The number of ether oxygens (including phenoxy) is 1. The van der Waals surface area contributed by atoms with E-state index in [1.54, 1.807) is 16.8 Å². The molecule has 0 aromatic heterocycles. The van der Waals surface area contributed by atoms with Gasteiger partial charge in [-0.3, -0.25) is 81.6 Å². The Morgan fingerprint density at radius 3 is 1.16 bits per heavy atom. The molecular formula is C73H121N7O17. The molecule has 0 radical (unpaired) electrons. The van der Waals surface area contributed by atoms with Crippen LogP contribution in [0.5, 0.6) is 0 Å². The Morgan fingerprint density at radius 2 is 0.835 bits per heavy atom. The first kappa shape index (κ1) is 88.5. The van der Waals surface area contributed by atoms with Crippen molar-refractivity contribution in [3.8, 4) is 0 Å². The predicted molar refractivity (Wildman–Crippen MR) is 368 cm³/mol. The van der Waals surface area contributed by atoms with Crippen molar-refractivity contribution in [3.63, 3.8) is 0 Å². The Hall–Kier alpha value is -6.56. The number of carbonyl (C=O) groups is 16. The fourth-order valence-electron chi connectivity index (χ4n) is 12.5. The quantitative estimate of drug-likeness (QED) is 0.0490. The first-order valence-corrected chi connectivity index (χ1v) is 35.5. The lowest BCUT2D eigenvalue weighted by molar-refractivity contribution is -0.142. The molecule has 2 fully saturated rings. The Kier molecular flexibility index (Phi) is 41.9. The van der Waals surface area contributed by atoms with E-state index in [0.717, 1.165) is 0 Å². The number of amides is 6. The van der Waals surface area contributed by atoms with Crippen molar-refractivity contribution >= 4 is 93.3 Å². The second-order valence-corrected chi connectivity index (χ2v) is 28.9. The average Bonchev–Trinajstić information content (AvgIpc) is 1.77. The van der Waals surface area contributed by atoms with Crippen molar-refractivity contribution in [2.75, 3.05) is 59.5 Å². The molecule has 2 heterocycles. The summed E-state index contributed by atoms with van der Waals surface area (Å²) >= 11 is 0. The predicted octanol–water partition coefficient (Wildman–Crippen LogP) is 6.74. The molecule has 0 bridgehead atoms. The summed E-state index contributed by atoms with van der Waals surface area (Å²) < 4.78 is 5.14. The highest BCUT2D eigenvalue weighted by molar-refractivity contribution is 5.97. The fraction of sp³-hybridized carbons (Fsp3) is 0.781. The normalized spacial score (nSPS) is 17.1. The van der Waals surface area contributed by atoms with Gasteiger partial charge in [-0.15, -0.1) is 0 Å². The maximum atomic E-state index is 13.4. The van der Waals surface area contributed by atoms with Crippen LogP contribution in [0.25, 0.3) is 0 Å². The number of nitrogens with zero attached hydrogens (tertiary/aromatic N) is 3. The van der Waals surface area contributed by atoms with E-state index < -0.39 is 59.7 Å². The lowest BCUT2D eigenvalue weighted by atomic mass is 9.83. The molecule has 0 aromatic carbocycles. The number of likely N-dealkylation sites (N-methyl/N-ethyl adjacent to an activating group) is 1. The molecule has 4 N–H and O–H groups in total. The minimum absolute atomic E-state index is 0.0368. The summed E-state index contributed by atoms with van der Waals surface area (Å²) in [6, 6.07) is -2.75. The second-order valence-electron chi connectivity index (χ2n) is 28.9. The van der Waals surface area contributed by atoms with Crippen molar-refractivity contribution in [2.45, 2.75) is 251 Å². The van der Waals surface area contributed by atoms with Crippen LogP contribution in [0.1, 0.15) is 226 Å². The third-order valence-corrected chi connectivity index (χ3v) is 18.4. The van der Waals surface area contributed by atoms with Crippen molar-refractivity contribution in [1.29, 1.82) is 0 Å². The van der Waals surface area contributed by atoms with Crippen LogP contribution in [-0.4, -0.2) is 192 Å². The van der Waals surface area contributed by atoms with E-state index in [1.807, 2.05) is 83.1 Å². The van der Waals surface area contributed by atoms with Crippen molar-refractivity contribution in [2.24, 2.45) is 59.2 Å². The van der Waals surface area contributed by atoms with E-state index in [9.17, 15) is 76.7 Å². The maximum Gasteiger partial charge on any atom is 0.249 e. The van der Waals surface area contributed by atoms with Gasteiger partial charge in [-0.1, -0.05) is 95.9 Å². The van der Waals surface area contributed by atoms with Crippen LogP contribution in [-0.2, 0) is 81.4 Å². The average molecular weight is 1370 g/mol. The van der Waals surface area contributed by atoms with Crippen LogP contribution in [0.15, 0.2) is 0 Å². The number of ketones is 10. The maximum absolute atomic E-state index is 13.4. The molecule has 24 heteroatoms. The van der Waals surface area contributed by atoms with Crippen LogP contribution in [0.3, 0.4) is 0 Å². The zero-order chi connectivity index (χ0) is 74.0. The molecule has 0 aliphatic carbocycles. The van der Waals surface area contributed by atoms with E-state index in [2.05, 4.69) is 21.3 Å². The Morgan fingerprint density at radius 1 is 0.454 bits per heavy atom. The molecule has 10 atom stereocenters. The molecule has 97 heavy (non-hydrogen) atoms. The minimum Gasteiger partial charge on any atom is -0.364 e. The summed E-state index contributed by atoms with van der Waals surface area (Å²) in [4.78, 5) is 207. The highest BCUT2D eigenvalue weighted by Crippen LogP contribution is 2.29. The molecule has 2 aliphatic rings. The Bertz CT molecular complexity index is 2690. The van der Waals surface area contributed by atoms with Gasteiger partial charge in [-0.25, -0.2) is 0 Å². The van der Waals surface area contributed by atoms with Gasteiger partial charge in [-0.05, 0) is 122 Å². The van der Waals surface area contributed by atoms with Gasteiger partial charge in [-0.2, -0.15) is 0 Å². The van der Waals surface area contributed by atoms with E-state index >= 15 is 0 Å². The largest absolute Gasteiger partial charge is 0.364 e. The molecule has 0 aromatic rings. The molecule has 550 valence electrons. The monoisotopic (exact) mass is 1370 g/mol. The topological polar surface area (TPSA) is 340 Å². The van der Waals surface area contributed by atoms with E-state index in [4.69, 9.17) is 4.74 Å². The van der Waals surface area contributed by atoms with Crippen LogP contribution < -0.4 is 21.3 Å². The molecule has 10 unspecified atom stereocenters. The molecule has 2 aliphatic heterocycles. The van der Waals surface area contributed by atoms with Gasteiger partial charge < -0.3 is 35.8 Å². The van der Waals surface area contributed by atoms with Gasteiger partial charge in [0.15, 0.2) is 28.9 Å². The number of hydrogen-bond donors (Lipinski definition) is 4. The first-order valence-electron chi connectivity index (χ1n) is 35.5. The summed E-state index contributed by atoms with van der Waals surface area (Å²) in [6.07, 6.45) is 5.00. The van der Waals surface area contributed by atoms with E-state index in [-0.39, 0.29) is 208 Å². The molecule has 24 nitrogen and oxygen atoms in total. The lowest BCUT2D eigenvalue weighted by Crippen LogP contribution is -2.45. The number of likely N-dealkylation sites (tertiary alicyclic amines) is 2. The number of nitrogens with one attached hydrogen (secondary N) is 4. The minimum atomic E-state index is -0.816. The van der Waals surface area contributed by atoms with E-state index in [0.29, 0.717) is 77.3 Å². The number of rotatable bonds is 48. The van der Waals surface area contributed by atoms with Gasteiger partial charge in [0.25, 0.3) is 0 Å². The van der Waals surface area contributed by atoms with Crippen molar-refractivity contribution < 1.29 is 81.4 Å². The summed E-state index contributed by atoms with van der Waals surface area (Å²) in [5, 5.41) is 10.8. The highest BCUT2D eigenvalue weighted by atomic mass is 16.5. The number of carbonyl (C=O) groups excluding carboxylic acids is 16. The first-order chi connectivity index (χ1) is 45.3. The van der Waals surface area contributed by atoms with Crippen LogP contribution in [0.2, 0.25) is 0 Å². The molecule has 0 saturated carbocycles. The Labute approximate surface area is 577 Å². The molecule has 6 amide bonds. The Balaban J connectivity index is 0.000000970. The third kappa shape index (κ3) is 34.2. The summed E-state index contributed by atoms with van der Waals surface area (Å²) in [6.45, 7) is 29.0. The molecular weight excluding hydrogens is 1250 g/mol. The number of Topliss-reactive ketones (excluding diaryl/α,β-unsaturated/α-hetero) is 10.